The van der Waals surface area contributed by atoms with Crippen molar-refractivity contribution in [1.82, 2.24) is 15.3 Å². The first-order valence-electron chi connectivity index (χ1n) is 5.76. The summed E-state index contributed by atoms with van der Waals surface area (Å²) in [6, 6.07) is -0.405. The number of anilines is 1. The van der Waals surface area contributed by atoms with Gasteiger partial charge < -0.3 is 15.4 Å². The van der Waals surface area contributed by atoms with Crippen molar-refractivity contribution in [3.8, 4) is 5.75 Å². The van der Waals surface area contributed by atoms with E-state index in [4.69, 9.17) is 4.74 Å². The molecule has 0 saturated heterocycles. The Balaban J connectivity index is 2.58. The molecule has 6 heteroatoms. The van der Waals surface area contributed by atoms with Crippen LogP contribution in [0.5, 0.6) is 5.75 Å². The fraction of sp³-hybridized carbons (Fsp3) is 0.583. The molecule has 6 nitrogen and oxygen atoms in total. The summed E-state index contributed by atoms with van der Waals surface area (Å²) in [6.07, 6.45) is 3.09. The molecule has 0 spiro atoms. The van der Waals surface area contributed by atoms with Crippen LogP contribution in [0.1, 0.15) is 27.7 Å². The number of carbonyl (C=O) groups is 1. The summed E-state index contributed by atoms with van der Waals surface area (Å²) in [7, 11) is 1.55. The van der Waals surface area contributed by atoms with E-state index in [1.165, 1.54) is 0 Å². The second-order valence-corrected chi connectivity index (χ2v) is 5.05. The lowest BCUT2D eigenvalue weighted by atomic mass is 10.1. The van der Waals surface area contributed by atoms with Gasteiger partial charge in [-0.25, -0.2) is 9.97 Å². The minimum Gasteiger partial charge on any atom is -0.494 e. The first-order valence-corrected chi connectivity index (χ1v) is 5.76. The van der Waals surface area contributed by atoms with Gasteiger partial charge in [-0.3, -0.25) is 4.79 Å². The first kappa shape index (κ1) is 14.2. The van der Waals surface area contributed by atoms with Crippen LogP contribution in [-0.2, 0) is 4.79 Å². The van der Waals surface area contributed by atoms with Gasteiger partial charge in [-0.2, -0.15) is 0 Å². The molecule has 0 radical (unpaired) electrons. The highest BCUT2D eigenvalue weighted by molar-refractivity contribution is 5.84. The van der Waals surface area contributed by atoms with E-state index in [1.54, 1.807) is 26.4 Å². The molecular formula is C12H20N4O2. The molecule has 1 amide bonds. The Labute approximate surface area is 107 Å². The van der Waals surface area contributed by atoms with E-state index in [2.05, 4.69) is 20.6 Å². The Morgan fingerprint density at radius 3 is 2.33 bits per heavy atom. The third-order valence-electron chi connectivity index (χ3n) is 2.10. The van der Waals surface area contributed by atoms with Gasteiger partial charge in [-0.05, 0) is 27.7 Å². The molecule has 0 aliphatic heterocycles. The topological polar surface area (TPSA) is 76.1 Å². The second-order valence-electron chi connectivity index (χ2n) is 5.05. The predicted octanol–water partition coefficient (Wildman–Crippen LogP) is 1.20. The fourth-order valence-corrected chi connectivity index (χ4v) is 1.23. The Hall–Kier alpha value is -1.85. The molecule has 0 aromatic carbocycles. The zero-order valence-corrected chi connectivity index (χ0v) is 11.4. The van der Waals surface area contributed by atoms with Crippen molar-refractivity contribution in [2.45, 2.75) is 39.3 Å². The Morgan fingerprint density at radius 2 is 1.89 bits per heavy atom. The Bertz CT molecular complexity index is 398. The molecule has 1 aromatic heterocycles. The smallest absolute Gasteiger partial charge is 0.242 e. The molecule has 1 unspecified atom stereocenters. The van der Waals surface area contributed by atoms with Gasteiger partial charge in [0, 0.05) is 5.54 Å². The highest BCUT2D eigenvalue weighted by Crippen LogP contribution is 2.08. The highest BCUT2D eigenvalue weighted by Gasteiger charge is 2.19. The number of methoxy groups -OCH3 is 1. The number of hydrogen-bond donors (Lipinski definition) is 2. The normalized spacial score (nSPS) is 12.7. The predicted molar refractivity (Wildman–Crippen MR) is 69.6 cm³/mol. The molecule has 18 heavy (non-hydrogen) atoms. The number of amides is 1. The van der Waals surface area contributed by atoms with Crippen LogP contribution < -0.4 is 15.4 Å². The van der Waals surface area contributed by atoms with Crippen LogP contribution >= 0.6 is 0 Å². The van der Waals surface area contributed by atoms with Gasteiger partial charge in [-0.15, -0.1) is 0 Å². The van der Waals surface area contributed by atoms with E-state index in [0.29, 0.717) is 11.7 Å². The molecule has 2 N–H and O–H groups in total. The molecule has 1 aromatic rings. The van der Waals surface area contributed by atoms with E-state index in [-0.39, 0.29) is 11.4 Å². The molecule has 0 bridgehead atoms. The lowest BCUT2D eigenvalue weighted by molar-refractivity contribution is -0.122. The van der Waals surface area contributed by atoms with Crippen LogP contribution in [0.4, 0.5) is 5.95 Å². The summed E-state index contributed by atoms with van der Waals surface area (Å²) in [5.41, 5.74) is -0.256. The summed E-state index contributed by atoms with van der Waals surface area (Å²) in [6.45, 7) is 7.55. The molecule has 1 rings (SSSR count). The van der Waals surface area contributed by atoms with Crippen molar-refractivity contribution in [3.05, 3.63) is 12.4 Å². The number of aromatic nitrogens is 2. The van der Waals surface area contributed by atoms with Gasteiger partial charge >= 0.3 is 0 Å². The molecule has 0 saturated carbocycles. The third-order valence-corrected chi connectivity index (χ3v) is 2.10. The summed E-state index contributed by atoms with van der Waals surface area (Å²) in [4.78, 5) is 19.9. The van der Waals surface area contributed by atoms with Gasteiger partial charge in [0.05, 0.1) is 19.5 Å². The summed E-state index contributed by atoms with van der Waals surface area (Å²) in [5, 5.41) is 5.81. The molecule has 1 heterocycles. The molecule has 0 fully saturated rings. The number of rotatable bonds is 4. The van der Waals surface area contributed by atoms with Crippen LogP contribution in [0, 0.1) is 0 Å². The number of carbonyl (C=O) groups excluding carboxylic acids is 1. The van der Waals surface area contributed by atoms with E-state index in [1.807, 2.05) is 20.8 Å². The van der Waals surface area contributed by atoms with E-state index in [0.717, 1.165) is 0 Å². The molecule has 1 atom stereocenters. The average molecular weight is 252 g/mol. The minimum absolute atomic E-state index is 0.0954. The maximum Gasteiger partial charge on any atom is 0.242 e. The monoisotopic (exact) mass is 252 g/mol. The number of nitrogens with one attached hydrogen (secondary N) is 2. The largest absolute Gasteiger partial charge is 0.494 e. The number of nitrogens with zero attached hydrogens (tertiary/aromatic N) is 2. The number of ether oxygens (including phenoxy) is 1. The van der Waals surface area contributed by atoms with Crippen molar-refractivity contribution in [1.29, 1.82) is 0 Å². The maximum atomic E-state index is 11.8. The SMILES string of the molecule is COc1cnc(NC(C)C(=O)NC(C)(C)C)nc1. The van der Waals surface area contributed by atoms with E-state index >= 15 is 0 Å². The summed E-state index contributed by atoms with van der Waals surface area (Å²) in [5.74, 6) is 0.877. The van der Waals surface area contributed by atoms with Crippen LogP contribution in [0.25, 0.3) is 0 Å². The van der Waals surface area contributed by atoms with Gasteiger partial charge in [0.1, 0.15) is 6.04 Å². The fourth-order valence-electron chi connectivity index (χ4n) is 1.23. The van der Waals surface area contributed by atoms with Gasteiger partial charge in [0.15, 0.2) is 5.75 Å². The van der Waals surface area contributed by atoms with Gasteiger partial charge in [-0.1, -0.05) is 0 Å². The molecule has 100 valence electrons. The first-order chi connectivity index (χ1) is 8.31. The van der Waals surface area contributed by atoms with Gasteiger partial charge in [0.2, 0.25) is 11.9 Å². The van der Waals surface area contributed by atoms with Crippen LogP contribution in [0.15, 0.2) is 12.4 Å². The van der Waals surface area contributed by atoms with Crippen molar-refractivity contribution in [3.63, 3.8) is 0 Å². The maximum absolute atomic E-state index is 11.8. The third kappa shape index (κ3) is 4.57. The van der Waals surface area contributed by atoms with Gasteiger partial charge in [0.25, 0.3) is 0 Å². The molecule has 0 aliphatic carbocycles. The quantitative estimate of drug-likeness (QED) is 0.842. The van der Waals surface area contributed by atoms with Crippen LogP contribution in [-0.4, -0.2) is 34.6 Å². The molecule has 0 aliphatic rings. The van der Waals surface area contributed by atoms with Crippen molar-refractivity contribution in [2.75, 3.05) is 12.4 Å². The lowest BCUT2D eigenvalue weighted by Crippen LogP contribution is -2.47. The standard InChI is InChI=1S/C12H20N4O2/c1-8(10(17)16-12(2,3)4)15-11-13-6-9(18-5)7-14-11/h6-8H,1-5H3,(H,16,17)(H,13,14,15). The van der Waals surface area contributed by atoms with Crippen LogP contribution in [0.2, 0.25) is 0 Å². The second kappa shape index (κ2) is 5.66. The average Bonchev–Trinajstić information content (AvgIpc) is 2.27. The van der Waals surface area contributed by atoms with E-state index in [9.17, 15) is 4.79 Å². The van der Waals surface area contributed by atoms with Crippen molar-refractivity contribution in [2.24, 2.45) is 0 Å². The number of hydrogen-bond acceptors (Lipinski definition) is 5. The van der Waals surface area contributed by atoms with E-state index < -0.39 is 6.04 Å². The minimum atomic E-state index is -0.405. The Morgan fingerprint density at radius 1 is 1.33 bits per heavy atom. The van der Waals surface area contributed by atoms with Crippen molar-refractivity contribution >= 4 is 11.9 Å². The van der Waals surface area contributed by atoms with Crippen LogP contribution in [0.3, 0.4) is 0 Å². The summed E-state index contributed by atoms with van der Waals surface area (Å²) >= 11 is 0. The van der Waals surface area contributed by atoms with Crippen molar-refractivity contribution < 1.29 is 9.53 Å². The molecular weight excluding hydrogens is 232 g/mol. The highest BCUT2D eigenvalue weighted by atomic mass is 16.5. The zero-order valence-electron chi connectivity index (χ0n) is 11.4. The lowest BCUT2D eigenvalue weighted by Gasteiger charge is -2.23. The summed E-state index contributed by atoms with van der Waals surface area (Å²) < 4.78 is 4.96. The Kier molecular flexibility index (Phi) is 4.47. The zero-order chi connectivity index (χ0) is 13.8.